The number of thioether (sulfide) groups is 1. The number of anilines is 1. The molecule has 166 valence electrons. The standard InChI is InChI=1S/C22H24N6O2S2/c1-3-28-21(27-9-11-30-12-10-27)25-26-22(28)32-14(2)18-23-19(29)17-16(13-31-20(17)24-18)15-7-5-4-6-8-15/h4-8,13-14H,3,9-12H2,1-2H3,(H,23,24,29). The molecule has 3 aromatic heterocycles. The summed E-state index contributed by atoms with van der Waals surface area (Å²) in [5.74, 6) is 1.51. The third-order valence-electron chi connectivity index (χ3n) is 5.52. The van der Waals surface area contributed by atoms with E-state index < -0.39 is 0 Å². The van der Waals surface area contributed by atoms with Crippen LogP contribution in [0.5, 0.6) is 0 Å². The van der Waals surface area contributed by atoms with Crippen molar-refractivity contribution in [3.8, 4) is 11.1 Å². The van der Waals surface area contributed by atoms with Gasteiger partial charge >= 0.3 is 0 Å². The van der Waals surface area contributed by atoms with E-state index in [0.717, 1.165) is 46.7 Å². The number of aromatic nitrogens is 5. The molecule has 0 aliphatic carbocycles. The lowest BCUT2D eigenvalue weighted by atomic mass is 10.1. The predicted octanol–water partition coefficient (Wildman–Crippen LogP) is 3.95. The highest BCUT2D eigenvalue weighted by Crippen LogP contribution is 2.36. The topological polar surface area (TPSA) is 88.9 Å². The largest absolute Gasteiger partial charge is 0.378 e. The van der Waals surface area contributed by atoms with Crippen LogP contribution in [0, 0.1) is 0 Å². The normalized spacial score (nSPS) is 15.4. The Morgan fingerprint density at radius 1 is 1.22 bits per heavy atom. The highest BCUT2D eigenvalue weighted by atomic mass is 32.2. The van der Waals surface area contributed by atoms with Crippen molar-refractivity contribution >= 4 is 39.3 Å². The van der Waals surface area contributed by atoms with Crippen molar-refractivity contribution in [2.24, 2.45) is 0 Å². The molecule has 0 radical (unpaired) electrons. The van der Waals surface area contributed by atoms with E-state index in [9.17, 15) is 4.79 Å². The Kier molecular flexibility index (Phi) is 5.99. The predicted molar refractivity (Wildman–Crippen MR) is 129 cm³/mol. The molecule has 1 unspecified atom stereocenters. The van der Waals surface area contributed by atoms with Crippen LogP contribution in [-0.2, 0) is 11.3 Å². The number of fused-ring (bicyclic) bond motifs is 1. The molecule has 8 nitrogen and oxygen atoms in total. The Morgan fingerprint density at radius 2 is 2.00 bits per heavy atom. The second-order valence-corrected chi connectivity index (χ2v) is 9.70. The smallest absolute Gasteiger partial charge is 0.260 e. The van der Waals surface area contributed by atoms with Gasteiger partial charge in [0.1, 0.15) is 10.7 Å². The molecule has 1 saturated heterocycles. The number of H-pyrrole nitrogens is 1. The maximum atomic E-state index is 13.0. The summed E-state index contributed by atoms with van der Waals surface area (Å²) in [5, 5.41) is 12.3. The molecule has 1 atom stereocenters. The van der Waals surface area contributed by atoms with Crippen LogP contribution < -0.4 is 10.5 Å². The lowest BCUT2D eigenvalue weighted by molar-refractivity contribution is 0.121. The number of aromatic amines is 1. The van der Waals surface area contributed by atoms with Crippen LogP contribution in [0.2, 0.25) is 0 Å². The van der Waals surface area contributed by atoms with E-state index in [1.54, 1.807) is 11.8 Å². The van der Waals surface area contributed by atoms with Crippen molar-refractivity contribution < 1.29 is 4.74 Å². The zero-order valence-electron chi connectivity index (χ0n) is 17.9. The molecule has 0 amide bonds. The van der Waals surface area contributed by atoms with Crippen LogP contribution >= 0.6 is 23.1 Å². The van der Waals surface area contributed by atoms with E-state index in [-0.39, 0.29) is 10.8 Å². The van der Waals surface area contributed by atoms with Gasteiger partial charge in [-0.05, 0) is 19.4 Å². The number of morpholine rings is 1. The molecule has 1 fully saturated rings. The number of nitrogens with zero attached hydrogens (tertiary/aromatic N) is 5. The third kappa shape index (κ3) is 3.94. The minimum Gasteiger partial charge on any atom is -0.378 e. The van der Waals surface area contributed by atoms with Crippen molar-refractivity contribution in [1.82, 2.24) is 24.7 Å². The highest BCUT2D eigenvalue weighted by Gasteiger charge is 2.23. The maximum absolute atomic E-state index is 13.0. The van der Waals surface area contributed by atoms with E-state index in [4.69, 9.17) is 9.72 Å². The molecular formula is C22H24N6O2S2. The van der Waals surface area contributed by atoms with Crippen LogP contribution in [0.25, 0.3) is 21.3 Å². The van der Waals surface area contributed by atoms with Gasteiger partial charge in [-0.15, -0.1) is 21.5 Å². The molecule has 0 saturated carbocycles. The van der Waals surface area contributed by atoms with Crippen LogP contribution in [0.4, 0.5) is 5.95 Å². The summed E-state index contributed by atoms with van der Waals surface area (Å²) in [6.07, 6.45) is 0. The number of nitrogens with one attached hydrogen (secondary N) is 1. The first-order valence-corrected chi connectivity index (χ1v) is 12.4. The molecule has 1 aliphatic rings. The SMILES string of the molecule is CCn1c(SC(C)c2nc3scc(-c4ccccc4)c3c(=O)[nH]2)nnc1N1CCOCC1. The quantitative estimate of drug-likeness (QED) is 0.429. The van der Waals surface area contributed by atoms with Crippen molar-refractivity contribution in [2.75, 3.05) is 31.2 Å². The van der Waals surface area contributed by atoms with E-state index in [0.29, 0.717) is 24.4 Å². The van der Waals surface area contributed by atoms with Gasteiger partial charge in [0.05, 0.1) is 23.8 Å². The fraction of sp³-hybridized carbons (Fsp3) is 0.364. The highest BCUT2D eigenvalue weighted by molar-refractivity contribution is 7.99. The van der Waals surface area contributed by atoms with E-state index >= 15 is 0 Å². The average Bonchev–Trinajstić information content (AvgIpc) is 3.44. The summed E-state index contributed by atoms with van der Waals surface area (Å²) in [6.45, 7) is 7.91. The van der Waals surface area contributed by atoms with Gasteiger partial charge in [0.15, 0.2) is 5.16 Å². The number of thiophene rings is 1. The number of hydrogen-bond acceptors (Lipinski definition) is 8. The first-order valence-electron chi connectivity index (χ1n) is 10.6. The Balaban J connectivity index is 1.43. The minimum absolute atomic E-state index is 0.0820. The van der Waals surface area contributed by atoms with Crippen molar-refractivity contribution in [3.63, 3.8) is 0 Å². The average molecular weight is 469 g/mol. The number of benzene rings is 1. The molecule has 4 heterocycles. The van der Waals surface area contributed by atoms with Crippen LogP contribution in [0.1, 0.15) is 24.9 Å². The lowest BCUT2D eigenvalue weighted by Crippen LogP contribution is -2.38. The lowest BCUT2D eigenvalue weighted by Gasteiger charge is -2.27. The maximum Gasteiger partial charge on any atom is 0.260 e. The fourth-order valence-electron chi connectivity index (χ4n) is 3.84. The van der Waals surface area contributed by atoms with Gasteiger partial charge in [0.2, 0.25) is 5.95 Å². The Labute approximate surface area is 193 Å². The molecule has 5 rings (SSSR count). The van der Waals surface area contributed by atoms with Crippen LogP contribution in [0.3, 0.4) is 0 Å². The van der Waals surface area contributed by atoms with Gasteiger partial charge in [0.25, 0.3) is 5.56 Å². The molecule has 10 heteroatoms. The summed E-state index contributed by atoms with van der Waals surface area (Å²) < 4.78 is 7.57. The first kappa shape index (κ1) is 21.2. The number of ether oxygens (including phenoxy) is 1. The van der Waals surface area contributed by atoms with Gasteiger partial charge in [-0.1, -0.05) is 42.1 Å². The molecule has 32 heavy (non-hydrogen) atoms. The zero-order chi connectivity index (χ0) is 22.1. The molecular weight excluding hydrogens is 444 g/mol. The third-order valence-corrected chi connectivity index (χ3v) is 7.48. The second-order valence-electron chi connectivity index (χ2n) is 7.53. The van der Waals surface area contributed by atoms with Crippen LogP contribution in [0.15, 0.2) is 45.7 Å². The molecule has 0 bridgehead atoms. The first-order chi connectivity index (χ1) is 15.7. The van der Waals surface area contributed by atoms with Gasteiger partial charge in [-0.2, -0.15) is 0 Å². The summed E-state index contributed by atoms with van der Waals surface area (Å²) in [5.41, 5.74) is 1.84. The number of hydrogen-bond donors (Lipinski definition) is 1. The van der Waals surface area contributed by atoms with E-state index in [1.165, 1.54) is 11.3 Å². The van der Waals surface area contributed by atoms with Gasteiger partial charge in [-0.3, -0.25) is 9.36 Å². The molecule has 1 N–H and O–H groups in total. The zero-order valence-corrected chi connectivity index (χ0v) is 19.6. The van der Waals surface area contributed by atoms with Gasteiger partial charge in [0, 0.05) is 30.6 Å². The molecule has 0 spiro atoms. The Bertz CT molecular complexity index is 1280. The minimum atomic E-state index is -0.108. The summed E-state index contributed by atoms with van der Waals surface area (Å²) in [6, 6.07) is 9.94. The van der Waals surface area contributed by atoms with Gasteiger partial charge < -0.3 is 14.6 Å². The van der Waals surface area contributed by atoms with Crippen molar-refractivity contribution in [1.29, 1.82) is 0 Å². The summed E-state index contributed by atoms with van der Waals surface area (Å²) in [4.78, 5) is 23.7. The molecule has 4 aromatic rings. The van der Waals surface area contributed by atoms with Crippen molar-refractivity contribution in [3.05, 3.63) is 51.9 Å². The van der Waals surface area contributed by atoms with Crippen molar-refractivity contribution in [2.45, 2.75) is 30.8 Å². The molecule has 1 aliphatic heterocycles. The summed E-state index contributed by atoms with van der Waals surface area (Å²) in [7, 11) is 0. The Morgan fingerprint density at radius 3 is 2.75 bits per heavy atom. The van der Waals surface area contributed by atoms with Crippen LogP contribution in [-0.4, -0.2) is 51.0 Å². The van der Waals surface area contributed by atoms with E-state index in [2.05, 4.69) is 31.6 Å². The molecule has 1 aromatic carbocycles. The van der Waals surface area contributed by atoms with E-state index in [1.807, 2.05) is 42.6 Å². The monoisotopic (exact) mass is 468 g/mol. The summed E-state index contributed by atoms with van der Waals surface area (Å²) >= 11 is 3.06. The number of rotatable bonds is 6. The second kappa shape index (κ2) is 9.05. The van der Waals surface area contributed by atoms with Gasteiger partial charge in [-0.25, -0.2) is 4.98 Å². The Hall–Kier alpha value is -2.69. The fourth-order valence-corrected chi connectivity index (χ4v) is 5.76.